The van der Waals surface area contributed by atoms with E-state index in [1.807, 2.05) is 19.1 Å². The van der Waals surface area contributed by atoms with Gasteiger partial charge in [-0.2, -0.15) is 0 Å². The molecule has 2 aromatic rings. The number of nitrogens with zero attached hydrogens (tertiary/aromatic N) is 1. The normalized spacial score (nSPS) is 14.0. The average molecular weight is 287 g/mol. The molecule has 4 heteroatoms. The Balaban J connectivity index is 2.11. The predicted molar refractivity (Wildman–Crippen MR) is 81.8 cm³/mol. The van der Waals surface area contributed by atoms with Gasteiger partial charge < -0.3 is 14.0 Å². The van der Waals surface area contributed by atoms with Crippen LogP contribution in [0.1, 0.15) is 31.0 Å². The van der Waals surface area contributed by atoms with Crippen LogP contribution in [0, 0.1) is 0 Å². The fourth-order valence-electron chi connectivity index (χ4n) is 3.26. The molecule has 1 heterocycles. The van der Waals surface area contributed by atoms with Crippen LogP contribution in [0.3, 0.4) is 0 Å². The number of ether oxygens (including phenoxy) is 2. The molecular formula is C17H21NO3. The Hall–Kier alpha value is -1.97. The van der Waals surface area contributed by atoms with E-state index in [4.69, 9.17) is 9.47 Å². The summed E-state index contributed by atoms with van der Waals surface area (Å²) < 4.78 is 12.6. The number of aryl methyl sites for hydroxylation is 1. The molecule has 0 radical (unpaired) electrons. The SMILES string of the molecule is CCOC(=O)Cn1c2c(c3cc(OC)ccc31)CCCC2. The van der Waals surface area contributed by atoms with Gasteiger partial charge in [-0.3, -0.25) is 4.79 Å². The fraction of sp³-hybridized carbons (Fsp3) is 0.471. The molecule has 0 atom stereocenters. The minimum atomic E-state index is -0.168. The van der Waals surface area contributed by atoms with Gasteiger partial charge in [0.1, 0.15) is 12.3 Å². The summed E-state index contributed by atoms with van der Waals surface area (Å²) in [4.78, 5) is 11.9. The van der Waals surface area contributed by atoms with Gasteiger partial charge in [0.25, 0.3) is 0 Å². The predicted octanol–water partition coefficient (Wildman–Crippen LogP) is 3.09. The van der Waals surface area contributed by atoms with Gasteiger partial charge in [0.05, 0.1) is 13.7 Å². The summed E-state index contributed by atoms with van der Waals surface area (Å²) in [6.45, 7) is 2.56. The van der Waals surface area contributed by atoms with Crippen LogP contribution in [0.2, 0.25) is 0 Å². The molecule has 21 heavy (non-hydrogen) atoms. The summed E-state index contributed by atoms with van der Waals surface area (Å²) in [6, 6.07) is 6.09. The van der Waals surface area contributed by atoms with E-state index in [9.17, 15) is 4.79 Å². The third kappa shape index (κ3) is 2.50. The van der Waals surface area contributed by atoms with Crippen molar-refractivity contribution in [3.05, 3.63) is 29.5 Å². The molecule has 1 aromatic carbocycles. The van der Waals surface area contributed by atoms with Crippen molar-refractivity contribution in [2.45, 2.75) is 39.2 Å². The zero-order valence-corrected chi connectivity index (χ0v) is 12.6. The fourth-order valence-corrected chi connectivity index (χ4v) is 3.26. The summed E-state index contributed by atoms with van der Waals surface area (Å²) in [7, 11) is 1.68. The summed E-state index contributed by atoms with van der Waals surface area (Å²) in [5, 5.41) is 1.22. The monoisotopic (exact) mass is 287 g/mol. The number of aromatic nitrogens is 1. The van der Waals surface area contributed by atoms with Crippen LogP contribution in [-0.4, -0.2) is 24.3 Å². The summed E-state index contributed by atoms with van der Waals surface area (Å²) in [6.07, 6.45) is 4.51. The van der Waals surface area contributed by atoms with E-state index in [1.54, 1.807) is 7.11 Å². The molecule has 4 nitrogen and oxygen atoms in total. The van der Waals surface area contributed by atoms with E-state index in [1.165, 1.54) is 29.5 Å². The zero-order chi connectivity index (χ0) is 14.8. The number of carbonyl (C=O) groups is 1. The number of carbonyl (C=O) groups excluding carboxylic acids is 1. The maximum Gasteiger partial charge on any atom is 0.325 e. The molecule has 3 rings (SSSR count). The standard InChI is InChI=1S/C17H21NO3/c1-3-21-17(19)11-18-15-7-5-4-6-13(15)14-10-12(20-2)8-9-16(14)18/h8-10H,3-7,11H2,1-2H3. The lowest BCUT2D eigenvalue weighted by Gasteiger charge is -2.15. The Bertz CT molecular complexity index is 672. The van der Waals surface area contributed by atoms with Gasteiger partial charge in [-0.1, -0.05) is 0 Å². The van der Waals surface area contributed by atoms with Crippen LogP contribution in [0.15, 0.2) is 18.2 Å². The third-order valence-corrected chi connectivity index (χ3v) is 4.18. The van der Waals surface area contributed by atoms with Gasteiger partial charge in [-0.15, -0.1) is 0 Å². The first-order valence-corrected chi connectivity index (χ1v) is 7.58. The highest BCUT2D eigenvalue weighted by Gasteiger charge is 2.21. The van der Waals surface area contributed by atoms with Crippen molar-refractivity contribution in [3.8, 4) is 5.75 Å². The summed E-state index contributed by atoms with van der Waals surface area (Å²) >= 11 is 0. The van der Waals surface area contributed by atoms with Crippen LogP contribution in [0.25, 0.3) is 10.9 Å². The molecular weight excluding hydrogens is 266 g/mol. The molecule has 1 aromatic heterocycles. The second-order valence-electron chi connectivity index (χ2n) is 5.41. The van der Waals surface area contributed by atoms with Crippen LogP contribution in [0.4, 0.5) is 0 Å². The highest BCUT2D eigenvalue weighted by molar-refractivity contribution is 5.88. The van der Waals surface area contributed by atoms with Gasteiger partial charge in [0.15, 0.2) is 0 Å². The lowest BCUT2D eigenvalue weighted by molar-refractivity contribution is -0.143. The van der Waals surface area contributed by atoms with Crippen LogP contribution in [0.5, 0.6) is 5.75 Å². The van der Waals surface area contributed by atoms with Crippen molar-refractivity contribution in [1.82, 2.24) is 4.57 Å². The molecule has 112 valence electrons. The van der Waals surface area contributed by atoms with Crippen LogP contribution in [-0.2, 0) is 28.9 Å². The molecule has 0 spiro atoms. The number of rotatable bonds is 4. The number of esters is 1. The van der Waals surface area contributed by atoms with E-state index >= 15 is 0 Å². The van der Waals surface area contributed by atoms with Gasteiger partial charge in [-0.05, 0) is 56.4 Å². The second kappa shape index (κ2) is 5.80. The third-order valence-electron chi connectivity index (χ3n) is 4.18. The molecule has 0 N–H and O–H groups in total. The molecule has 0 fully saturated rings. The Labute approximate surface area is 124 Å². The van der Waals surface area contributed by atoms with Crippen molar-refractivity contribution in [2.75, 3.05) is 13.7 Å². The first-order chi connectivity index (χ1) is 10.2. The van der Waals surface area contributed by atoms with E-state index in [0.717, 1.165) is 24.1 Å². The Kier molecular flexibility index (Phi) is 3.86. The molecule has 1 aliphatic rings. The van der Waals surface area contributed by atoms with Crippen molar-refractivity contribution >= 4 is 16.9 Å². The van der Waals surface area contributed by atoms with E-state index < -0.39 is 0 Å². The van der Waals surface area contributed by atoms with Crippen molar-refractivity contribution in [2.24, 2.45) is 0 Å². The summed E-state index contributed by atoms with van der Waals surface area (Å²) in [5.74, 6) is 0.697. The maximum atomic E-state index is 11.9. The maximum absolute atomic E-state index is 11.9. The first kappa shape index (κ1) is 14.0. The smallest absolute Gasteiger partial charge is 0.325 e. The van der Waals surface area contributed by atoms with E-state index in [-0.39, 0.29) is 5.97 Å². The summed E-state index contributed by atoms with van der Waals surface area (Å²) in [5.41, 5.74) is 3.77. The molecule has 0 amide bonds. The van der Waals surface area contributed by atoms with E-state index in [0.29, 0.717) is 13.2 Å². The Morgan fingerprint density at radius 3 is 2.86 bits per heavy atom. The molecule has 0 unspecified atom stereocenters. The molecule has 0 bridgehead atoms. The number of hydrogen-bond donors (Lipinski definition) is 0. The largest absolute Gasteiger partial charge is 0.497 e. The van der Waals surface area contributed by atoms with Crippen molar-refractivity contribution in [3.63, 3.8) is 0 Å². The van der Waals surface area contributed by atoms with Crippen LogP contribution >= 0.6 is 0 Å². The minimum Gasteiger partial charge on any atom is -0.497 e. The van der Waals surface area contributed by atoms with Gasteiger partial charge >= 0.3 is 5.97 Å². The lowest BCUT2D eigenvalue weighted by atomic mass is 9.95. The highest BCUT2D eigenvalue weighted by atomic mass is 16.5. The topological polar surface area (TPSA) is 40.5 Å². The Morgan fingerprint density at radius 2 is 2.10 bits per heavy atom. The van der Waals surface area contributed by atoms with Gasteiger partial charge in [0.2, 0.25) is 0 Å². The van der Waals surface area contributed by atoms with E-state index in [2.05, 4.69) is 10.6 Å². The minimum absolute atomic E-state index is 0.168. The zero-order valence-electron chi connectivity index (χ0n) is 12.6. The van der Waals surface area contributed by atoms with Crippen LogP contribution < -0.4 is 4.74 Å². The Morgan fingerprint density at radius 1 is 1.29 bits per heavy atom. The van der Waals surface area contributed by atoms with Crippen molar-refractivity contribution in [1.29, 1.82) is 0 Å². The second-order valence-corrected chi connectivity index (χ2v) is 5.41. The quantitative estimate of drug-likeness (QED) is 0.811. The number of fused-ring (bicyclic) bond motifs is 3. The number of benzene rings is 1. The van der Waals surface area contributed by atoms with Gasteiger partial charge in [0, 0.05) is 16.6 Å². The van der Waals surface area contributed by atoms with Gasteiger partial charge in [-0.25, -0.2) is 0 Å². The molecule has 0 saturated carbocycles. The average Bonchev–Trinajstić information content (AvgIpc) is 2.81. The molecule has 0 aliphatic heterocycles. The number of methoxy groups -OCH3 is 1. The lowest BCUT2D eigenvalue weighted by Crippen LogP contribution is -2.16. The first-order valence-electron chi connectivity index (χ1n) is 7.58. The highest BCUT2D eigenvalue weighted by Crippen LogP contribution is 2.34. The molecule has 1 aliphatic carbocycles. The number of hydrogen-bond acceptors (Lipinski definition) is 3. The molecule has 0 saturated heterocycles. The van der Waals surface area contributed by atoms with Crippen molar-refractivity contribution < 1.29 is 14.3 Å².